The lowest BCUT2D eigenvalue weighted by Gasteiger charge is -2.00. The minimum absolute atomic E-state index is 0.917. The first-order valence-corrected chi connectivity index (χ1v) is 10.4. The number of hydrogen-bond donors (Lipinski definition) is 0. The Morgan fingerprint density at radius 2 is 1.19 bits per heavy atom. The van der Waals surface area contributed by atoms with E-state index in [9.17, 15) is 0 Å². The Bertz CT molecular complexity index is 1530. The summed E-state index contributed by atoms with van der Waals surface area (Å²) in [5, 5.41) is 0. The van der Waals surface area contributed by atoms with Crippen LogP contribution in [0.4, 0.5) is 0 Å². The Morgan fingerprint density at radius 1 is 0.613 bits per heavy atom. The number of fused-ring (bicyclic) bond motifs is 2. The molecule has 0 amide bonds. The van der Waals surface area contributed by atoms with E-state index in [0.717, 1.165) is 33.9 Å². The molecule has 148 valence electrons. The van der Waals surface area contributed by atoms with E-state index in [-0.39, 0.29) is 0 Å². The summed E-state index contributed by atoms with van der Waals surface area (Å²) in [5.74, 6) is 1.96. The maximum Gasteiger partial charge on any atom is 0.331 e. The highest BCUT2D eigenvalue weighted by molar-refractivity contribution is 5.82. The quantitative estimate of drug-likeness (QED) is 0.364. The van der Waals surface area contributed by atoms with Crippen molar-refractivity contribution in [3.63, 3.8) is 0 Å². The van der Waals surface area contributed by atoms with Crippen molar-refractivity contribution in [1.82, 2.24) is 13.8 Å². The van der Waals surface area contributed by atoms with E-state index in [1.165, 1.54) is 11.3 Å². The van der Waals surface area contributed by atoms with E-state index in [4.69, 9.17) is 4.98 Å². The average Bonchev–Trinajstić information content (AvgIpc) is 3.35. The van der Waals surface area contributed by atoms with Gasteiger partial charge in [0, 0.05) is 17.3 Å². The summed E-state index contributed by atoms with van der Waals surface area (Å²) in [6.07, 6.45) is 4.21. The van der Waals surface area contributed by atoms with Gasteiger partial charge in [0.15, 0.2) is 11.2 Å². The van der Waals surface area contributed by atoms with Gasteiger partial charge < -0.3 is 0 Å². The van der Waals surface area contributed by atoms with E-state index < -0.39 is 0 Å². The third-order valence-corrected chi connectivity index (χ3v) is 5.83. The fourth-order valence-corrected chi connectivity index (χ4v) is 4.46. The van der Waals surface area contributed by atoms with Gasteiger partial charge in [-0.15, -0.1) is 0 Å². The molecule has 6 rings (SSSR count). The van der Waals surface area contributed by atoms with Crippen molar-refractivity contribution in [3.05, 3.63) is 109 Å². The fraction of sp³-hybridized carbons (Fsp3) is 0.0370. The molecular formula is C27H21N4+. The van der Waals surface area contributed by atoms with E-state index >= 15 is 0 Å². The zero-order valence-electron chi connectivity index (χ0n) is 17.2. The van der Waals surface area contributed by atoms with Crippen molar-refractivity contribution in [2.75, 3.05) is 0 Å². The lowest BCUT2D eigenvalue weighted by Crippen LogP contribution is -2.32. The van der Waals surface area contributed by atoms with E-state index in [1.807, 2.05) is 6.07 Å². The molecule has 0 aliphatic rings. The van der Waals surface area contributed by atoms with E-state index in [0.29, 0.717) is 0 Å². The van der Waals surface area contributed by atoms with Gasteiger partial charge in [0.05, 0.1) is 24.5 Å². The first-order valence-electron chi connectivity index (χ1n) is 10.4. The van der Waals surface area contributed by atoms with E-state index in [1.54, 1.807) is 0 Å². The normalized spacial score (nSPS) is 11.4. The molecule has 0 aliphatic carbocycles. The SMILES string of the molecule is C[n+]1c(-c2ccccc2)c2ccccn2c1-c1nc(-c2ccccc2)c2ccccn12. The van der Waals surface area contributed by atoms with Crippen LogP contribution in [-0.4, -0.2) is 13.8 Å². The summed E-state index contributed by atoms with van der Waals surface area (Å²) in [5.41, 5.74) is 6.71. The Hall–Kier alpha value is -4.18. The summed E-state index contributed by atoms with van der Waals surface area (Å²) >= 11 is 0. The topological polar surface area (TPSA) is 25.6 Å². The molecule has 0 aliphatic heterocycles. The van der Waals surface area contributed by atoms with Gasteiger partial charge in [-0.1, -0.05) is 72.8 Å². The molecular weight excluding hydrogens is 380 g/mol. The lowest BCUT2D eigenvalue weighted by atomic mass is 10.1. The molecule has 0 atom stereocenters. The third-order valence-electron chi connectivity index (χ3n) is 5.83. The maximum absolute atomic E-state index is 5.17. The summed E-state index contributed by atoms with van der Waals surface area (Å²) in [4.78, 5) is 5.17. The first kappa shape index (κ1) is 17.7. The van der Waals surface area contributed by atoms with Crippen LogP contribution in [0.3, 0.4) is 0 Å². The molecule has 0 fully saturated rings. The van der Waals surface area contributed by atoms with Crippen LogP contribution in [-0.2, 0) is 7.05 Å². The van der Waals surface area contributed by atoms with Crippen LogP contribution in [0.15, 0.2) is 109 Å². The van der Waals surface area contributed by atoms with Crippen molar-refractivity contribution < 1.29 is 4.57 Å². The molecule has 0 bridgehead atoms. The summed E-state index contributed by atoms with van der Waals surface area (Å²) in [6.45, 7) is 0. The number of pyridine rings is 2. The largest absolute Gasteiger partial charge is 0.331 e. The van der Waals surface area contributed by atoms with Crippen molar-refractivity contribution in [2.24, 2.45) is 7.05 Å². The second kappa shape index (κ2) is 6.96. The van der Waals surface area contributed by atoms with Crippen LogP contribution in [0.2, 0.25) is 0 Å². The van der Waals surface area contributed by atoms with Gasteiger partial charge in [-0.05, 0) is 24.3 Å². The molecule has 6 aromatic rings. The minimum Gasteiger partial charge on any atom is -0.293 e. The Kier molecular flexibility index (Phi) is 3.96. The Balaban J connectivity index is 1.71. The average molecular weight is 401 g/mol. The number of imidazole rings is 2. The number of rotatable bonds is 3. The second-order valence-corrected chi connectivity index (χ2v) is 7.66. The molecule has 0 N–H and O–H groups in total. The van der Waals surface area contributed by atoms with Crippen LogP contribution < -0.4 is 4.57 Å². The molecule has 0 saturated carbocycles. The predicted octanol–water partition coefficient (Wildman–Crippen LogP) is 5.41. The van der Waals surface area contributed by atoms with Crippen LogP contribution in [0.25, 0.3) is 45.2 Å². The van der Waals surface area contributed by atoms with Gasteiger partial charge in [0.1, 0.15) is 0 Å². The Labute approximate surface area is 180 Å². The number of aromatic nitrogens is 4. The van der Waals surface area contributed by atoms with Gasteiger partial charge in [-0.25, -0.2) is 9.55 Å². The highest BCUT2D eigenvalue weighted by Gasteiger charge is 2.29. The molecule has 31 heavy (non-hydrogen) atoms. The molecule has 0 unspecified atom stereocenters. The molecule has 4 heterocycles. The molecule has 0 spiro atoms. The van der Waals surface area contributed by atoms with E-state index in [2.05, 4.69) is 124 Å². The molecule has 0 saturated heterocycles. The van der Waals surface area contributed by atoms with Crippen molar-refractivity contribution >= 4 is 11.0 Å². The van der Waals surface area contributed by atoms with Gasteiger partial charge in [0.25, 0.3) is 0 Å². The van der Waals surface area contributed by atoms with Crippen LogP contribution in [0, 0.1) is 0 Å². The highest BCUT2D eigenvalue weighted by atomic mass is 15.2. The smallest absolute Gasteiger partial charge is 0.293 e. The zero-order valence-corrected chi connectivity index (χ0v) is 17.2. The summed E-state index contributed by atoms with van der Waals surface area (Å²) < 4.78 is 6.67. The zero-order chi connectivity index (χ0) is 20.8. The highest BCUT2D eigenvalue weighted by Crippen LogP contribution is 2.31. The predicted molar refractivity (Wildman–Crippen MR) is 124 cm³/mol. The first-order chi connectivity index (χ1) is 15.3. The number of hydrogen-bond acceptors (Lipinski definition) is 1. The molecule has 0 radical (unpaired) electrons. The molecule has 2 aromatic carbocycles. The fourth-order valence-electron chi connectivity index (χ4n) is 4.46. The standard InChI is InChI=1S/C27H21N4/c1-29-25(21-14-6-3-7-15-21)23-17-9-11-19-31(23)27(29)26-28-24(20-12-4-2-5-13-20)22-16-8-10-18-30(22)26/h2-19H,1H3/q+1. The molecule has 4 nitrogen and oxygen atoms in total. The van der Waals surface area contributed by atoms with Crippen LogP contribution in [0.1, 0.15) is 0 Å². The number of benzene rings is 2. The molecule has 4 aromatic heterocycles. The van der Waals surface area contributed by atoms with Crippen molar-refractivity contribution in [3.8, 4) is 34.2 Å². The van der Waals surface area contributed by atoms with Gasteiger partial charge in [0.2, 0.25) is 5.82 Å². The van der Waals surface area contributed by atoms with Crippen LogP contribution in [0.5, 0.6) is 0 Å². The van der Waals surface area contributed by atoms with Crippen LogP contribution >= 0.6 is 0 Å². The van der Waals surface area contributed by atoms with Gasteiger partial charge in [-0.3, -0.25) is 4.40 Å². The third kappa shape index (κ3) is 2.69. The summed E-state index contributed by atoms with van der Waals surface area (Å²) in [7, 11) is 2.12. The van der Waals surface area contributed by atoms with Crippen molar-refractivity contribution in [1.29, 1.82) is 0 Å². The Morgan fingerprint density at radius 3 is 1.90 bits per heavy atom. The maximum atomic E-state index is 5.17. The monoisotopic (exact) mass is 401 g/mol. The lowest BCUT2D eigenvalue weighted by molar-refractivity contribution is -0.648. The van der Waals surface area contributed by atoms with Gasteiger partial charge in [-0.2, -0.15) is 4.40 Å². The van der Waals surface area contributed by atoms with Gasteiger partial charge >= 0.3 is 5.82 Å². The molecule has 4 heteroatoms. The summed E-state index contributed by atoms with van der Waals surface area (Å²) in [6, 6.07) is 33.5. The number of nitrogens with zero attached hydrogens (tertiary/aromatic N) is 4. The second-order valence-electron chi connectivity index (χ2n) is 7.66. The minimum atomic E-state index is 0.917. The van der Waals surface area contributed by atoms with Crippen molar-refractivity contribution in [2.45, 2.75) is 0 Å².